The number of nitrogens with zero attached hydrogens (tertiary/aromatic N) is 2. The molecule has 0 spiro atoms. The highest BCUT2D eigenvalue weighted by Gasteiger charge is 2.53. The number of hydrogen-bond acceptors (Lipinski definition) is 8. The number of carbonyl (C=O) groups is 3. The Morgan fingerprint density at radius 1 is 1.11 bits per heavy atom. The number of amides is 3. The van der Waals surface area contributed by atoms with Gasteiger partial charge in [0, 0.05) is 13.1 Å². The zero-order chi connectivity index (χ0) is 26.6. The van der Waals surface area contributed by atoms with Gasteiger partial charge in [-0.15, -0.1) is 0 Å². The number of carbonyl (C=O) groups excluding carboxylic acids is 3. The van der Waals surface area contributed by atoms with Crippen LogP contribution in [0.1, 0.15) is 45.1 Å². The van der Waals surface area contributed by atoms with Gasteiger partial charge in [-0.3, -0.25) is 20.6 Å². The molecule has 11 heteroatoms. The van der Waals surface area contributed by atoms with Crippen LogP contribution < -0.4 is 16.8 Å². The van der Waals surface area contributed by atoms with E-state index in [0.29, 0.717) is 45.2 Å². The second kappa shape index (κ2) is 11.8. The number of aliphatic hydroxyl groups is 3. The van der Waals surface area contributed by atoms with Crippen molar-refractivity contribution in [1.82, 2.24) is 15.1 Å². The number of rotatable bonds is 10. The molecule has 36 heavy (non-hydrogen) atoms. The van der Waals surface area contributed by atoms with E-state index in [1.54, 1.807) is 4.90 Å². The van der Waals surface area contributed by atoms with E-state index in [0.717, 1.165) is 5.56 Å². The van der Waals surface area contributed by atoms with Crippen LogP contribution in [0, 0.1) is 0 Å². The minimum absolute atomic E-state index is 0.303. The van der Waals surface area contributed by atoms with Gasteiger partial charge < -0.3 is 30.9 Å². The molecule has 2 aliphatic heterocycles. The van der Waals surface area contributed by atoms with E-state index in [1.165, 1.54) is 18.7 Å². The summed E-state index contributed by atoms with van der Waals surface area (Å²) in [6.45, 7) is 3.59. The molecule has 9 N–H and O–H groups in total. The molecule has 2 saturated heterocycles. The SMILES string of the molecule is CC(O)C(N)C(=O)N1CCCC1C(=O)N1CCCC1(Cc1ccccc1)C(O)NC(C([NH3+])=O)C(C)O. The van der Waals surface area contributed by atoms with Gasteiger partial charge in [0.05, 0.1) is 17.7 Å². The molecule has 200 valence electrons. The Labute approximate surface area is 211 Å². The Morgan fingerprint density at radius 2 is 1.78 bits per heavy atom. The summed E-state index contributed by atoms with van der Waals surface area (Å²) >= 11 is 0. The fourth-order valence-electron chi connectivity index (χ4n) is 5.44. The van der Waals surface area contributed by atoms with Gasteiger partial charge in [-0.2, -0.15) is 0 Å². The van der Waals surface area contributed by atoms with Gasteiger partial charge in [-0.1, -0.05) is 30.3 Å². The first-order valence-electron chi connectivity index (χ1n) is 12.6. The number of nitrogens with one attached hydrogen (secondary N) is 1. The van der Waals surface area contributed by atoms with E-state index in [-0.39, 0.29) is 5.91 Å². The minimum Gasteiger partial charge on any atom is -0.391 e. The van der Waals surface area contributed by atoms with Gasteiger partial charge in [-0.05, 0) is 51.5 Å². The third-order valence-corrected chi connectivity index (χ3v) is 7.45. The normalized spacial score (nSPS) is 26.4. The molecule has 0 bridgehead atoms. The second-order valence-electron chi connectivity index (χ2n) is 10.1. The number of likely N-dealkylation sites (tertiary alicyclic amines) is 2. The van der Waals surface area contributed by atoms with E-state index in [4.69, 9.17) is 5.73 Å². The largest absolute Gasteiger partial charge is 0.391 e. The first-order valence-corrected chi connectivity index (χ1v) is 12.6. The van der Waals surface area contributed by atoms with Crippen LogP contribution in [-0.4, -0.2) is 98.0 Å². The molecule has 7 atom stereocenters. The van der Waals surface area contributed by atoms with Crippen molar-refractivity contribution < 1.29 is 35.4 Å². The van der Waals surface area contributed by atoms with Crippen LogP contribution in [0.15, 0.2) is 30.3 Å². The van der Waals surface area contributed by atoms with E-state index in [9.17, 15) is 29.7 Å². The Morgan fingerprint density at radius 3 is 2.36 bits per heavy atom. The average molecular weight is 507 g/mol. The maximum atomic E-state index is 14.0. The van der Waals surface area contributed by atoms with E-state index < -0.39 is 53.9 Å². The smallest absolute Gasteiger partial charge is 0.328 e. The molecule has 3 amide bonds. The summed E-state index contributed by atoms with van der Waals surface area (Å²) in [7, 11) is 0. The van der Waals surface area contributed by atoms with Crippen LogP contribution in [0.3, 0.4) is 0 Å². The predicted molar refractivity (Wildman–Crippen MR) is 131 cm³/mol. The summed E-state index contributed by atoms with van der Waals surface area (Å²) < 4.78 is 0. The molecule has 1 aromatic rings. The minimum atomic E-state index is -1.35. The summed E-state index contributed by atoms with van der Waals surface area (Å²) in [5.74, 6) is -1.36. The Bertz CT molecular complexity index is 929. The molecule has 2 aliphatic rings. The lowest BCUT2D eigenvalue weighted by Gasteiger charge is -2.45. The highest BCUT2D eigenvalue weighted by molar-refractivity contribution is 5.91. The van der Waals surface area contributed by atoms with Crippen molar-refractivity contribution in [3.8, 4) is 0 Å². The van der Waals surface area contributed by atoms with Crippen LogP contribution in [-0.2, 0) is 20.8 Å². The number of hydrogen-bond donors (Lipinski definition) is 6. The Kier molecular flexibility index (Phi) is 9.20. The van der Waals surface area contributed by atoms with E-state index in [2.05, 4.69) is 11.1 Å². The summed E-state index contributed by atoms with van der Waals surface area (Å²) in [6, 6.07) is 6.42. The third kappa shape index (κ3) is 5.77. The van der Waals surface area contributed by atoms with E-state index in [1.807, 2.05) is 30.3 Å². The second-order valence-corrected chi connectivity index (χ2v) is 10.1. The van der Waals surface area contributed by atoms with Crippen LogP contribution in [0.4, 0.5) is 0 Å². The van der Waals surface area contributed by atoms with Gasteiger partial charge in [0.2, 0.25) is 11.8 Å². The number of quaternary nitrogens is 1. The molecule has 2 fully saturated rings. The summed E-state index contributed by atoms with van der Waals surface area (Å²) in [5, 5.41) is 34.2. The fourth-order valence-corrected chi connectivity index (χ4v) is 5.44. The van der Waals surface area contributed by atoms with Gasteiger partial charge in [0.15, 0.2) is 6.04 Å². The van der Waals surface area contributed by atoms with Crippen molar-refractivity contribution in [2.24, 2.45) is 5.73 Å². The molecule has 0 aromatic heterocycles. The molecular weight excluding hydrogens is 466 g/mol. The lowest BCUT2D eigenvalue weighted by Crippen LogP contribution is -2.72. The fraction of sp³-hybridized carbons (Fsp3) is 0.640. The highest BCUT2D eigenvalue weighted by Crippen LogP contribution is 2.37. The zero-order valence-corrected chi connectivity index (χ0v) is 21.0. The molecule has 0 aliphatic carbocycles. The first-order chi connectivity index (χ1) is 17.0. The Balaban J connectivity index is 1.95. The van der Waals surface area contributed by atoms with Crippen LogP contribution in [0.2, 0.25) is 0 Å². The van der Waals surface area contributed by atoms with Crippen LogP contribution >= 0.6 is 0 Å². The van der Waals surface area contributed by atoms with Crippen molar-refractivity contribution in [3.63, 3.8) is 0 Å². The van der Waals surface area contributed by atoms with Crippen molar-refractivity contribution in [2.45, 2.75) is 88.1 Å². The summed E-state index contributed by atoms with van der Waals surface area (Å²) in [6.07, 6.45) is -1.06. The predicted octanol–water partition coefficient (Wildman–Crippen LogP) is -2.28. The van der Waals surface area contributed by atoms with Crippen molar-refractivity contribution in [1.29, 1.82) is 0 Å². The van der Waals surface area contributed by atoms with Gasteiger partial charge in [0.1, 0.15) is 18.3 Å². The molecule has 3 rings (SSSR count). The number of aliphatic hydroxyl groups excluding tert-OH is 3. The van der Waals surface area contributed by atoms with Crippen molar-refractivity contribution >= 4 is 17.7 Å². The Hall–Kier alpha value is -2.41. The summed E-state index contributed by atoms with van der Waals surface area (Å²) in [4.78, 5) is 42.0. The first kappa shape index (κ1) is 28.2. The number of nitrogens with two attached hydrogens (primary N) is 1. The quantitative estimate of drug-likeness (QED) is 0.192. The monoisotopic (exact) mass is 506 g/mol. The lowest BCUT2D eigenvalue weighted by atomic mass is 9.85. The standard InChI is InChI=1S/C25H39N5O6/c1-15(31)19(26)23(35)29-12-6-10-18(29)22(34)30-13-7-11-25(30,14-17-8-4-3-5-9-17)24(36)28-20(16(2)32)21(27)33/h3-5,8-9,15-16,18-20,24,28,31-32,36H,6-7,10-14,26H2,1-2H3,(H2,27,33)/p+1. The van der Waals surface area contributed by atoms with Crippen LogP contribution in [0.25, 0.3) is 0 Å². The number of benzene rings is 1. The zero-order valence-electron chi connectivity index (χ0n) is 21.0. The third-order valence-electron chi connectivity index (χ3n) is 7.45. The van der Waals surface area contributed by atoms with Crippen LogP contribution in [0.5, 0.6) is 0 Å². The maximum Gasteiger partial charge on any atom is 0.328 e. The molecule has 0 saturated carbocycles. The molecular formula is C25H40N5O6+. The van der Waals surface area contributed by atoms with Gasteiger partial charge in [-0.25, -0.2) is 4.79 Å². The lowest BCUT2D eigenvalue weighted by molar-refractivity contribution is -0.311. The van der Waals surface area contributed by atoms with Gasteiger partial charge in [0.25, 0.3) is 0 Å². The average Bonchev–Trinajstić information content (AvgIpc) is 3.49. The molecule has 0 radical (unpaired) electrons. The molecule has 1 aromatic carbocycles. The van der Waals surface area contributed by atoms with E-state index >= 15 is 0 Å². The topological polar surface area (TPSA) is 184 Å². The van der Waals surface area contributed by atoms with Gasteiger partial charge >= 0.3 is 5.91 Å². The van der Waals surface area contributed by atoms with Crippen molar-refractivity contribution in [2.75, 3.05) is 13.1 Å². The molecule has 2 heterocycles. The molecule has 7 unspecified atom stereocenters. The highest BCUT2D eigenvalue weighted by atomic mass is 16.3. The molecule has 11 nitrogen and oxygen atoms in total. The summed E-state index contributed by atoms with van der Waals surface area (Å²) in [5.41, 5.74) is 9.06. The van der Waals surface area contributed by atoms with Crippen molar-refractivity contribution in [3.05, 3.63) is 35.9 Å². The maximum absolute atomic E-state index is 14.0.